The molecule has 4 nitrogen and oxygen atoms in total. The summed E-state index contributed by atoms with van der Waals surface area (Å²) in [6.45, 7) is 4.27. The number of rotatable bonds is 4. The Morgan fingerprint density at radius 1 is 1.69 bits per heavy atom. The monoisotopic (exact) mass is 222 g/mol. The number of hydrogen-bond acceptors (Lipinski definition) is 4. The molecule has 1 aromatic heterocycles. The summed E-state index contributed by atoms with van der Waals surface area (Å²) in [5.74, 6) is 1.16. The van der Waals surface area contributed by atoms with Gasteiger partial charge in [0.1, 0.15) is 0 Å². The van der Waals surface area contributed by atoms with E-state index in [4.69, 9.17) is 15.2 Å². The van der Waals surface area contributed by atoms with Gasteiger partial charge in [-0.3, -0.25) is 0 Å². The van der Waals surface area contributed by atoms with Crippen molar-refractivity contribution < 1.29 is 9.47 Å². The fourth-order valence-electron chi connectivity index (χ4n) is 1.70. The first kappa shape index (κ1) is 11.4. The average Bonchev–Trinajstić information content (AvgIpc) is 2.79. The lowest BCUT2D eigenvalue weighted by molar-refractivity contribution is 0.165. The van der Waals surface area contributed by atoms with E-state index in [1.54, 1.807) is 6.20 Å². The summed E-state index contributed by atoms with van der Waals surface area (Å²) in [5.41, 5.74) is 6.85. The van der Waals surface area contributed by atoms with Gasteiger partial charge in [-0.25, -0.2) is 4.98 Å². The SMILES string of the molecule is CC(N)c1ccnc(OCC2CCOC2)c1. The topological polar surface area (TPSA) is 57.4 Å². The van der Waals surface area contributed by atoms with Crippen LogP contribution in [0.15, 0.2) is 18.3 Å². The summed E-state index contributed by atoms with van der Waals surface area (Å²) in [4.78, 5) is 4.16. The second-order valence-electron chi connectivity index (χ2n) is 4.26. The molecule has 0 bridgehead atoms. The van der Waals surface area contributed by atoms with Gasteiger partial charge in [0.25, 0.3) is 0 Å². The first-order valence-electron chi connectivity index (χ1n) is 5.68. The van der Waals surface area contributed by atoms with E-state index in [0.29, 0.717) is 18.4 Å². The van der Waals surface area contributed by atoms with Gasteiger partial charge in [-0.2, -0.15) is 0 Å². The van der Waals surface area contributed by atoms with Gasteiger partial charge in [-0.15, -0.1) is 0 Å². The van der Waals surface area contributed by atoms with Crippen LogP contribution in [-0.2, 0) is 4.74 Å². The van der Waals surface area contributed by atoms with Crippen LogP contribution in [-0.4, -0.2) is 24.8 Å². The van der Waals surface area contributed by atoms with Crippen molar-refractivity contribution >= 4 is 0 Å². The Morgan fingerprint density at radius 3 is 3.25 bits per heavy atom. The van der Waals surface area contributed by atoms with E-state index in [2.05, 4.69) is 4.98 Å². The lowest BCUT2D eigenvalue weighted by Crippen LogP contribution is -2.13. The Balaban J connectivity index is 1.90. The zero-order valence-electron chi connectivity index (χ0n) is 9.56. The second-order valence-corrected chi connectivity index (χ2v) is 4.26. The lowest BCUT2D eigenvalue weighted by Gasteiger charge is -2.11. The first-order chi connectivity index (χ1) is 7.75. The summed E-state index contributed by atoms with van der Waals surface area (Å²) >= 11 is 0. The quantitative estimate of drug-likeness (QED) is 0.839. The Bertz CT molecular complexity index is 336. The molecular formula is C12H18N2O2. The second kappa shape index (κ2) is 5.27. The Labute approximate surface area is 95.8 Å². The fraction of sp³-hybridized carbons (Fsp3) is 0.583. The highest BCUT2D eigenvalue weighted by Gasteiger charge is 2.16. The molecule has 2 heterocycles. The van der Waals surface area contributed by atoms with Crippen LogP contribution in [0.3, 0.4) is 0 Å². The van der Waals surface area contributed by atoms with E-state index in [-0.39, 0.29) is 6.04 Å². The van der Waals surface area contributed by atoms with Gasteiger partial charge in [0.15, 0.2) is 0 Å². The molecule has 2 atom stereocenters. The van der Waals surface area contributed by atoms with Crippen LogP contribution in [0.5, 0.6) is 5.88 Å². The van der Waals surface area contributed by atoms with Crippen molar-refractivity contribution in [3.63, 3.8) is 0 Å². The van der Waals surface area contributed by atoms with Crippen LogP contribution in [0.4, 0.5) is 0 Å². The molecule has 4 heteroatoms. The maximum absolute atomic E-state index is 5.80. The minimum atomic E-state index is 0.0140. The molecule has 1 aromatic rings. The predicted octanol–water partition coefficient (Wildman–Crippen LogP) is 1.52. The summed E-state index contributed by atoms with van der Waals surface area (Å²) < 4.78 is 10.9. The molecule has 88 valence electrons. The highest BCUT2D eigenvalue weighted by Crippen LogP contribution is 2.17. The Hall–Kier alpha value is -1.13. The summed E-state index contributed by atoms with van der Waals surface area (Å²) in [6, 6.07) is 3.83. The van der Waals surface area contributed by atoms with E-state index in [9.17, 15) is 0 Å². The number of pyridine rings is 1. The molecule has 2 unspecified atom stereocenters. The number of nitrogens with two attached hydrogens (primary N) is 1. The van der Waals surface area contributed by atoms with Crippen LogP contribution >= 0.6 is 0 Å². The van der Waals surface area contributed by atoms with Crippen molar-refractivity contribution in [2.24, 2.45) is 11.7 Å². The van der Waals surface area contributed by atoms with Gasteiger partial charge in [-0.1, -0.05) is 0 Å². The van der Waals surface area contributed by atoms with E-state index >= 15 is 0 Å². The molecule has 1 aliphatic rings. The fourth-order valence-corrected chi connectivity index (χ4v) is 1.70. The zero-order valence-corrected chi connectivity index (χ0v) is 9.56. The number of aromatic nitrogens is 1. The standard InChI is InChI=1S/C12H18N2O2/c1-9(13)11-2-4-14-12(6-11)16-8-10-3-5-15-7-10/h2,4,6,9-10H,3,5,7-8,13H2,1H3. The zero-order chi connectivity index (χ0) is 11.4. The van der Waals surface area contributed by atoms with Crippen LogP contribution in [0.25, 0.3) is 0 Å². The molecule has 0 aliphatic carbocycles. The molecule has 0 saturated carbocycles. The van der Waals surface area contributed by atoms with E-state index in [0.717, 1.165) is 25.2 Å². The predicted molar refractivity (Wildman–Crippen MR) is 61.3 cm³/mol. The molecular weight excluding hydrogens is 204 g/mol. The summed E-state index contributed by atoms with van der Waals surface area (Å²) in [6.07, 6.45) is 2.81. The average molecular weight is 222 g/mol. The molecule has 1 saturated heterocycles. The van der Waals surface area contributed by atoms with Gasteiger partial charge in [0.05, 0.1) is 13.2 Å². The minimum absolute atomic E-state index is 0.0140. The number of hydrogen-bond donors (Lipinski definition) is 1. The van der Waals surface area contributed by atoms with Crippen molar-refractivity contribution in [1.29, 1.82) is 0 Å². The lowest BCUT2D eigenvalue weighted by atomic mass is 10.1. The normalized spacial score (nSPS) is 22.0. The molecule has 2 rings (SSSR count). The molecule has 0 aromatic carbocycles. The van der Waals surface area contributed by atoms with Crippen molar-refractivity contribution in [3.8, 4) is 5.88 Å². The number of nitrogens with zero attached hydrogens (tertiary/aromatic N) is 1. The van der Waals surface area contributed by atoms with Crippen LogP contribution in [0, 0.1) is 5.92 Å². The van der Waals surface area contributed by atoms with Crippen LogP contribution in [0.2, 0.25) is 0 Å². The third kappa shape index (κ3) is 2.93. The highest BCUT2D eigenvalue weighted by atomic mass is 16.5. The Kier molecular flexibility index (Phi) is 3.74. The molecule has 0 spiro atoms. The van der Waals surface area contributed by atoms with E-state index in [1.165, 1.54) is 0 Å². The van der Waals surface area contributed by atoms with Gasteiger partial charge in [-0.05, 0) is 25.0 Å². The van der Waals surface area contributed by atoms with Gasteiger partial charge >= 0.3 is 0 Å². The van der Waals surface area contributed by atoms with Crippen LogP contribution < -0.4 is 10.5 Å². The highest BCUT2D eigenvalue weighted by molar-refractivity contribution is 5.22. The van der Waals surface area contributed by atoms with Crippen molar-refractivity contribution in [3.05, 3.63) is 23.9 Å². The van der Waals surface area contributed by atoms with E-state index in [1.807, 2.05) is 19.1 Å². The van der Waals surface area contributed by atoms with Gasteiger partial charge in [0.2, 0.25) is 5.88 Å². The van der Waals surface area contributed by atoms with Gasteiger partial charge in [0, 0.05) is 30.8 Å². The molecule has 1 fully saturated rings. The molecule has 1 aliphatic heterocycles. The molecule has 2 N–H and O–H groups in total. The Morgan fingerprint density at radius 2 is 2.56 bits per heavy atom. The summed E-state index contributed by atoms with van der Waals surface area (Å²) in [5, 5.41) is 0. The van der Waals surface area contributed by atoms with Crippen molar-refractivity contribution in [1.82, 2.24) is 4.98 Å². The van der Waals surface area contributed by atoms with Crippen molar-refractivity contribution in [2.45, 2.75) is 19.4 Å². The smallest absolute Gasteiger partial charge is 0.213 e. The molecule has 0 amide bonds. The van der Waals surface area contributed by atoms with Gasteiger partial charge < -0.3 is 15.2 Å². The van der Waals surface area contributed by atoms with E-state index < -0.39 is 0 Å². The van der Waals surface area contributed by atoms with Crippen molar-refractivity contribution in [2.75, 3.05) is 19.8 Å². The first-order valence-corrected chi connectivity index (χ1v) is 5.68. The maximum Gasteiger partial charge on any atom is 0.213 e. The van der Waals surface area contributed by atoms with Crippen LogP contribution in [0.1, 0.15) is 24.9 Å². The largest absolute Gasteiger partial charge is 0.477 e. The summed E-state index contributed by atoms with van der Waals surface area (Å²) in [7, 11) is 0. The third-order valence-electron chi connectivity index (χ3n) is 2.78. The number of ether oxygens (including phenoxy) is 2. The minimum Gasteiger partial charge on any atom is -0.477 e. The third-order valence-corrected chi connectivity index (χ3v) is 2.78. The maximum atomic E-state index is 5.80. The molecule has 16 heavy (non-hydrogen) atoms. The molecule has 0 radical (unpaired) electrons.